The lowest BCUT2D eigenvalue weighted by atomic mass is 9.98. The minimum Gasteiger partial charge on any atom is -0.375 e. The lowest BCUT2D eigenvalue weighted by Gasteiger charge is -2.26. The highest BCUT2D eigenvalue weighted by Crippen LogP contribution is 2.20. The Hall–Kier alpha value is -1.63. The smallest absolute Gasteiger partial charge is 0.225 e. The predicted molar refractivity (Wildman–Crippen MR) is 80.5 cm³/mol. The minimum absolute atomic E-state index is 0.0293. The summed E-state index contributed by atoms with van der Waals surface area (Å²) in [5.41, 5.74) is 5.98. The first-order valence-electron chi connectivity index (χ1n) is 6.47. The summed E-state index contributed by atoms with van der Waals surface area (Å²) in [6.45, 7) is 5.65. The van der Waals surface area contributed by atoms with Crippen LogP contribution in [0, 0.1) is 6.92 Å². The SMILES string of the molecule is CNC(=O)CCC(C)(C)NC(=O)Cc1sc(N)nc1C. The molecule has 0 bridgehead atoms. The molecule has 4 N–H and O–H groups in total. The third kappa shape index (κ3) is 5.16. The first-order valence-corrected chi connectivity index (χ1v) is 7.28. The van der Waals surface area contributed by atoms with Crippen LogP contribution in [0.5, 0.6) is 0 Å². The summed E-state index contributed by atoms with van der Waals surface area (Å²) in [5.74, 6) is -0.114. The van der Waals surface area contributed by atoms with Crippen molar-refractivity contribution in [2.75, 3.05) is 12.8 Å². The Kier molecular flexibility index (Phi) is 5.50. The Morgan fingerprint density at radius 1 is 1.35 bits per heavy atom. The van der Waals surface area contributed by atoms with E-state index >= 15 is 0 Å². The van der Waals surface area contributed by atoms with Crippen molar-refractivity contribution in [2.45, 2.75) is 45.6 Å². The first-order chi connectivity index (χ1) is 9.23. The number of aryl methyl sites for hydroxylation is 1. The molecule has 0 aliphatic rings. The molecule has 0 aliphatic heterocycles. The Morgan fingerprint density at radius 3 is 2.50 bits per heavy atom. The molecule has 1 rings (SSSR count). The van der Waals surface area contributed by atoms with Gasteiger partial charge in [0.25, 0.3) is 0 Å². The summed E-state index contributed by atoms with van der Waals surface area (Å²) in [5, 5.41) is 5.98. The molecule has 1 aromatic rings. The van der Waals surface area contributed by atoms with E-state index in [1.807, 2.05) is 20.8 Å². The van der Waals surface area contributed by atoms with Gasteiger partial charge in [0, 0.05) is 23.9 Å². The molecule has 0 saturated heterocycles. The molecule has 1 aromatic heterocycles. The average molecular weight is 298 g/mol. The van der Waals surface area contributed by atoms with E-state index in [0.29, 0.717) is 18.0 Å². The molecule has 0 aromatic carbocycles. The van der Waals surface area contributed by atoms with Crippen molar-refractivity contribution in [1.29, 1.82) is 0 Å². The lowest BCUT2D eigenvalue weighted by Crippen LogP contribution is -2.44. The third-order valence-electron chi connectivity index (χ3n) is 2.96. The number of hydrogen-bond donors (Lipinski definition) is 3. The Morgan fingerprint density at radius 2 is 2.00 bits per heavy atom. The van der Waals surface area contributed by atoms with Crippen LogP contribution in [0.3, 0.4) is 0 Å². The van der Waals surface area contributed by atoms with Gasteiger partial charge in [0.05, 0.1) is 12.1 Å². The van der Waals surface area contributed by atoms with Gasteiger partial charge in [-0.1, -0.05) is 0 Å². The zero-order valence-electron chi connectivity index (χ0n) is 12.4. The minimum atomic E-state index is -0.423. The third-order valence-corrected chi connectivity index (χ3v) is 3.95. The fourth-order valence-corrected chi connectivity index (χ4v) is 2.63. The number of anilines is 1. The summed E-state index contributed by atoms with van der Waals surface area (Å²) in [4.78, 5) is 28.2. The number of rotatable bonds is 6. The number of carbonyl (C=O) groups excluding carboxylic acids is 2. The molecule has 2 amide bonds. The topological polar surface area (TPSA) is 97.1 Å². The molecule has 0 saturated carbocycles. The normalized spacial score (nSPS) is 11.2. The molecule has 7 heteroatoms. The Bertz CT molecular complexity index is 497. The van der Waals surface area contributed by atoms with Crippen molar-refractivity contribution in [1.82, 2.24) is 15.6 Å². The van der Waals surface area contributed by atoms with E-state index in [4.69, 9.17) is 5.73 Å². The molecule has 0 unspecified atom stereocenters. The van der Waals surface area contributed by atoms with Crippen LogP contribution in [-0.2, 0) is 16.0 Å². The van der Waals surface area contributed by atoms with Crippen LogP contribution in [0.1, 0.15) is 37.3 Å². The van der Waals surface area contributed by atoms with E-state index in [-0.39, 0.29) is 18.2 Å². The molecule has 0 spiro atoms. The molecule has 6 nitrogen and oxygen atoms in total. The number of aromatic nitrogens is 1. The highest BCUT2D eigenvalue weighted by Gasteiger charge is 2.22. The van der Waals surface area contributed by atoms with E-state index in [9.17, 15) is 9.59 Å². The molecule has 0 fully saturated rings. The Labute approximate surface area is 123 Å². The van der Waals surface area contributed by atoms with Gasteiger partial charge in [-0.15, -0.1) is 11.3 Å². The standard InChI is InChI=1S/C13H22N4O2S/c1-8-9(20-12(14)16-8)7-11(19)17-13(2,3)6-5-10(18)15-4/h5-7H2,1-4H3,(H2,14,16)(H,15,18)(H,17,19). The number of nitrogens with one attached hydrogen (secondary N) is 2. The van der Waals surface area contributed by atoms with E-state index in [0.717, 1.165) is 10.6 Å². The van der Waals surface area contributed by atoms with Crippen molar-refractivity contribution in [3.05, 3.63) is 10.6 Å². The van der Waals surface area contributed by atoms with Crippen molar-refractivity contribution in [2.24, 2.45) is 0 Å². The van der Waals surface area contributed by atoms with E-state index in [1.54, 1.807) is 7.05 Å². The molecule has 20 heavy (non-hydrogen) atoms. The largest absolute Gasteiger partial charge is 0.375 e. The molecular weight excluding hydrogens is 276 g/mol. The summed E-state index contributed by atoms with van der Waals surface area (Å²) in [7, 11) is 1.60. The summed E-state index contributed by atoms with van der Waals surface area (Å²) in [6, 6.07) is 0. The van der Waals surface area contributed by atoms with Gasteiger partial charge in [-0.25, -0.2) is 4.98 Å². The second kappa shape index (κ2) is 6.69. The number of carbonyl (C=O) groups is 2. The molecule has 0 radical (unpaired) electrons. The van der Waals surface area contributed by atoms with Gasteiger partial charge in [-0.05, 0) is 27.2 Å². The van der Waals surface area contributed by atoms with Crippen LogP contribution < -0.4 is 16.4 Å². The van der Waals surface area contributed by atoms with Crippen LogP contribution in [-0.4, -0.2) is 29.4 Å². The number of amides is 2. The van der Waals surface area contributed by atoms with Gasteiger partial charge < -0.3 is 16.4 Å². The van der Waals surface area contributed by atoms with Gasteiger partial charge in [0.15, 0.2) is 5.13 Å². The zero-order valence-corrected chi connectivity index (χ0v) is 13.2. The monoisotopic (exact) mass is 298 g/mol. The number of nitrogens with zero attached hydrogens (tertiary/aromatic N) is 1. The summed E-state index contributed by atoms with van der Waals surface area (Å²) >= 11 is 1.33. The summed E-state index contributed by atoms with van der Waals surface area (Å²) in [6.07, 6.45) is 1.24. The maximum Gasteiger partial charge on any atom is 0.225 e. The number of nitrogen functional groups attached to an aromatic ring is 1. The fourth-order valence-electron chi connectivity index (χ4n) is 1.80. The Balaban J connectivity index is 2.52. The van der Waals surface area contributed by atoms with Crippen molar-refractivity contribution in [3.8, 4) is 0 Å². The number of thiazole rings is 1. The van der Waals surface area contributed by atoms with Crippen LogP contribution in [0.25, 0.3) is 0 Å². The van der Waals surface area contributed by atoms with E-state index in [1.165, 1.54) is 11.3 Å². The first kappa shape index (κ1) is 16.4. The molecule has 112 valence electrons. The summed E-state index contributed by atoms with van der Waals surface area (Å²) < 4.78 is 0. The number of hydrogen-bond acceptors (Lipinski definition) is 5. The van der Waals surface area contributed by atoms with Gasteiger partial charge in [0.2, 0.25) is 11.8 Å². The van der Waals surface area contributed by atoms with Crippen LogP contribution in [0.15, 0.2) is 0 Å². The highest BCUT2D eigenvalue weighted by atomic mass is 32.1. The second-order valence-electron chi connectivity index (χ2n) is 5.34. The van der Waals surface area contributed by atoms with Crippen molar-refractivity contribution >= 4 is 28.3 Å². The number of nitrogens with two attached hydrogens (primary N) is 1. The maximum atomic E-state index is 12.0. The second-order valence-corrected chi connectivity index (χ2v) is 6.46. The molecule has 1 heterocycles. The van der Waals surface area contributed by atoms with Crippen molar-refractivity contribution in [3.63, 3.8) is 0 Å². The van der Waals surface area contributed by atoms with Gasteiger partial charge in [-0.3, -0.25) is 9.59 Å². The fraction of sp³-hybridized carbons (Fsp3) is 0.615. The van der Waals surface area contributed by atoms with Crippen LogP contribution in [0.4, 0.5) is 5.13 Å². The molecule has 0 aliphatic carbocycles. The lowest BCUT2D eigenvalue weighted by molar-refractivity contribution is -0.124. The molecule has 0 atom stereocenters. The van der Waals surface area contributed by atoms with Crippen LogP contribution >= 0.6 is 11.3 Å². The van der Waals surface area contributed by atoms with E-state index < -0.39 is 5.54 Å². The quantitative estimate of drug-likeness (QED) is 0.730. The van der Waals surface area contributed by atoms with Gasteiger partial charge in [0.1, 0.15) is 0 Å². The van der Waals surface area contributed by atoms with Crippen LogP contribution in [0.2, 0.25) is 0 Å². The predicted octanol–water partition coefficient (Wildman–Crippen LogP) is 0.997. The maximum absolute atomic E-state index is 12.0. The van der Waals surface area contributed by atoms with Gasteiger partial charge in [-0.2, -0.15) is 0 Å². The van der Waals surface area contributed by atoms with Crippen molar-refractivity contribution < 1.29 is 9.59 Å². The highest BCUT2D eigenvalue weighted by molar-refractivity contribution is 7.15. The van der Waals surface area contributed by atoms with E-state index in [2.05, 4.69) is 15.6 Å². The zero-order chi connectivity index (χ0) is 15.3. The van der Waals surface area contributed by atoms with Gasteiger partial charge >= 0.3 is 0 Å². The average Bonchev–Trinajstić information content (AvgIpc) is 2.64. The molecular formula is C13H22N4O2S.